The smallest absolute Gasteiger partial charge is 0.160 e. The van der Waals surface area contributed by atoms with Gasteiger partial charge in [0.05, 0.1) is 17.2 Å². The quantitative estimate of drug-likeness (QED) is 0.252. The van der Waals surface area contributed by atoms with Crippen LogP contribution in [-0.4, -0.2) is 37.0 Å². The van der Waals surface area contributed by atoms with Gasteiger partial charge in [-0.25, -0.2) is 17.2 Å². The summed E-state index contributed by atoms with van der Waals surface area (Å²) < 4.78 is 59.6. The number of benzene rings is 3. The van der Waals surface area contributed by atoms with Gasteiger partial charge in [-0.15, -0.1) is 0 Å². The van der Waals surface area contributed by atoms with Gasteiger partial charge in [-0.2, -0.15) is 0 Å². The summed E-state index contributed by atoms with van der Waals surface area (Å²) in [4.78, 5) is 6.30. The van der Waals surface area contributed by atoms with Gasteiger partial charge in [0.2, 0.25) is 0 Å². The summed E-state index contributed by atoms with van der Waals surface area (Å²) in [6.45, 7) is 1.94. The highest BCUT2D eigenvalue weighted by atomic mass is 32.2. The van der Waals surface area contributed by atoms with Crippen LogP contribution in [0.25, 0.3) is 11.1 Å². The van der Waals surface area contributed by atoms with E-state index in [4.69, 9.17) is 4.74 Å². The van der Waals surface area contributed by atoms with E-state index in [0.29, 0.717) is 17.8 Å². The summed E-state index contributed by atoms with van der Waals surface area (Å²) in [5.41, 5.74) is 4.72. The zero-order chi connectivity index (χ0) is 28.5. The summed E-state index contributed by atoms with van der Waals surface area (Å²) in [7, 11) is -3.33. The van der Waals surface area contributed by atoms with Crippen molar-refractivity contribution in [3.8, 4) is 16.9 Å². The number of sulfone groups is 1. The minimum atomic E-state index is -3.33. The Morgan fingerprint density at radius 1 is 0.854 bits per heavy atom. The summed E-state index contributed by atoms with van der Waals surface area (Å²) in [6.07, 6.45) is 5.11. The Bertz CT molecular complexity index is 1640. The molecule has 0 atom stereocenters. The van der Waals surface area contributed by atoms with Crippen LogP contribution < -0.4 is 4.74 Å². The molecule has 0 N–H and O–H groups in total. The predicted octanol–water partition coefficient (Wildman–Crippen LogP) is 6.50. The van der Waals surface area contributed by atoms with Crippen LogP contribution >= 0.6 is 0 Å². The van der Waals surface area contributed by atoms with Gasteiger partial charge < -0.3 is 4.74 Å². The molecule has 41 heavy (non-hydrogen) atoms. The van der Waals surface area contributed by atoms with E-state index >= 15 is 0 Å². The van der Waals surface area contributed by atoms with Crippen molar-refractivity contribution in [3.05, 3.63) is 119 Å². The van der Waals surface area contributed by atoms with E-state index in [1.165, 1.54) is 17.7 Å². The molecule has 3 heterocycles. The number of likely N-dealkylation sites (tertiary alicyclic amines) is 1. The molecule has 2 aliphatic rings. The summed E-state index contributed by atoms with van der Waals surface area (Å²) in [5, 5.41) is 0. The van der Waals surface area contributed by atoms with Crippen LogP contribution in [-0.2, 0) is 34.3 Å². The fourth-order valence-corrected chi connectivity index (χ4v) is 7.31. The number of nitrogens with zero attached hydrogens (tertiary/aromatic N) is 2. The molecule has 1 saturated heterocycles. The molecular weight excluding hydrogens is 542 g/mol. The Morgan fingerprint density at radius 3 is 2.39 bits per heavy atom. The maximum atomic E-state index is 14.1. The summed E-state index contributed by atoms with van der Waals surface area (Å²) in [5.74, 6) is 0.0128. The third kappa shape index (κ3) is 6.49. The summed E-state index contributed by atoms with van der Waals surface area (Å²) in [6, 6.07) is 22.8. The molecule has 1 fully saturated rings. The summed E-state index contributed by atoms with van der Waals surface area (Å²) >= 11 is 0. The molecular formula is C33H32F2N2O3S. The monoisotopic (exact) mass is 574 g/mol. The standard InChI is InChI=1S/C33H32F2N2O3S/c34-29-9-10-31(35)28(20-29)21-37-17-14-33(15-18-37)13-12-27-19-26(8-11-32(27)40-33)25-6-4-24(5-7-25)22-41(38,39)23-30-3-1-2-16-36-30/h1-11,16,19-20H,12-15,17-18,21-23H2. The molecule has 0 aliphatic carbocycles. The highest BCUT2D eigenvalue weighted by Crippen LogP contribution is 2.41. The number of hydrogen-bond acceptors (Lipinski definition) is 5. The minimum absolute atomic E-state index is 0.0292. The second-order valence-corrected chi connectivity index (χ2v) is 13.2. The molecule has 212 valence electrons. The lowest BCUT2D eigenvalue weighted by Gasteiger charge is -2.44. The molecule has 3 aromatic carbocycles. The van der Waals surface area contributed by atoms with Crippen LogP contribution in [0.4, 0.5) is 8.78 Å². The van der Waals surface area contributed by atoms with E-state index in [1.807, 2.05) is 36.4 Å². The molecule has 2 aliphatic heterocycles. The van der Waals surface area contributed by atoms with Crippen molar-refractivity contribution in [2.75, 3.05) is 13.1 Å². The molecule has 0 saturated carbocycles. The van der Waals surface area contributed by atoms with Gasteiger partial charge in [0.1, 0.15) is 23.0 Å². The first-order valence-corrected chi connectivity index (χ1v) is 15.8. The largest absolute Gasteiger partial charge is 0.487 e. The Hall–Kier alpha value is -3.62. The Kier molecular flexibility index (Phi) is 7.62. The third-order valence-electron chi connectivity index (χ3n) is 8.17. The lowest BCUT2D eigenvalue weighted by atomic mass is 9.82. The maximum absolute atomic E-state index is 14.1. The van der Waals surface area contributed by atoms with Gasteiger partial charge in [0.25, 0.3) is 0 Å². The van der Waals surface area contributed by atoms with Crippen LogP contribution in [0.2, 0.25) is 0 Å². The maximum Gasteiger partial charge on any atom is 0.160 e. The number of aryl methyl sites for hydroxylation is 1. The van der Waals surface area contributed by atoms with Crippen molar-refractivity contribution in [2.24, 2.45) is 0 Å². The minimum Gasteiger partial charge on any atom is -0.487 e. The number of fused-ring (bicyclic) bond motifs is 1. The van der Waals surface area contributed by atoms with Gasteiger partial charge >= 0.3 is 0 Å². The second kappa shape index (κ2) is 11.3. The first kappa shape index (κ1) is 27.5. The molecule has 0 radical (unpaired) electrons. The number of pyridine rings is 1. The van der Waals surface area contributed by atoms with Crippen molar-refractivity contribution in [3.63, 3.8) is 0 Å². The molecule has 0 unspecified atom stereocenters. The first-order chi connectivity index (χ1) is 19.8. The number of aromatic nitrogens is 1. The van der Waals surface area contributed by atoms with E-state index in [2.05, 4.69) is 16.0 Å². The Labute approximate surface area is 239 Å². The van der Waals surface area contributed by atoms with Crippen LogP contribution in [0, 0.1) is 11.6 Å². The van der Waals surface area contributed by atoms with Crippen molar-refractivity contribution >= 4 is 9.84 Å². The molecule has 5 nitrogen and oxygen atoms in total. The number of rotatable bonds is 7. The van der Waals surface area contributed by atoms with Gasteiger partial charge in [-0.05, 0) is 90.4 Å². The first-order valence-electron chi connectivity index (χ1n) is 13.9. The molecule has 0 bridgehead atoms. The molecule has 0 amide bonds. The number of hydrogen-bond donors (Lipinski definition) is 0. The Balaban J connectivity index is 1.07. The van der Waals surface area contributed by atoms with E-state index in [9.17, 15) is 17.2 Å². The molecule has 6 rings (SSSR count). The van der Waals surface area contributed by atoms with Crippen LogP contribution in [0.5, 0.6) is 5.75 Å². The zero-order valence-electron chi connectivity index (χ0n) is 22.7. The van der Waals surface area contributed by atoms with E-state index in [1.54, 1.807) is 24.4 Å². The fourth-order valence-electron chi connectivity index (χ4n) is 5.88. The second-order valence-electron chi connectivity index (χ2n) is 11.2. The number of halogens is 2. The fraction of sp³-hybridized carbons (Fsp3) is 0.303. The number of ether oxygens (including phenoxy) is 1. The van der Waals surface area contributed by atoms with Crippen molar-refractivity contribution in [1.82, 2.24) is 9.88 Å². The van der Waals surface area contributed by atoms with Gasteiger partial charge in [-0.1, -0.05) is 36.4 Å². The van der Waals surface area contributed by atoms with Crippen LogP contribution in [0.15, 0.2) is 85.1 Å². The highest BCUT2D eigenvalue weighted by molar-refractivity contribution is 7.89. The van der Waals surface area contributed by atoms with Gasteiger partial charge in [0, 0.05) is 31.4 Å². The van der Waals surface area contributed by atoms with E-state index in [0.717, 1.165) is 67.3 Å². The molecule has 1 aromatic heterocycles. The van der Waals surface area contributed by atoms with Gasteiger partial charge in [-0.3, -0.25) is 9.88 Å². The highest BCUT2D eigenvalue weighted by Gasteiger charge is 2.39. The average molecular weight is 575 g/mol. The topological polar surface area (TPSA) is 59.5 Å². The van der Waals surface area contributed by atoms with Crippen molar-refractivity contribution in [2.45, 2.75) is 49.3 Å². The molecule has 4 aromatic rings. The molecule has 8 heteroatoms. The number of piperidine rings is 1. The van der Waals surface area contributed by atoms with E-state index < -0.39 is 15.7 Å². The Morgan fingerprint density at radius 2 is 1.63 bits per heavy atom. The molecule has 1 spiro atoms. The van der Waals surface area contributed by atoms with Crippen molar-refractivity contribution in [1.29, 1.82) is 0 Å². The third-order valence-corrected chi connectivity index (χ3v) is 9.68. The van der Waals surface area contributed by atoms with E-state index in [-0.39, 0.29) is 22.9 Å². The predicted molar refractivity (Wildman–Crippen MR) is 155 cm³/mol. The lowest BCUT2D eigenvalue weighted by Crippen LogP contribution is -2.49. The SMILES string of the molecule is O=S(=O)(Cc1ccc(-c2ccc3c(c2)CCC2(CCN(Cc4cc(F)ccc4F)CC2)O3)cc1)Cc1ccccn1. The zero-order valence-corrected chi connectivity index (χ0v) is 23.5. The normalized spacial score (nSPS) is 16.7. The van der Waals surface area contributed by atoms with Crippen LogP contribution in [0.1, 0.15) is 41.6 Å². The van der Waals surface area contributed by atoms with Crippen molar-refractivity contribution < 1.29 is 21.9 Å². The average Bonchev–Trinajstić information content (AvgIpc) is 2.96. The lowest BCUT2D eigenvalue weighted by molar-refractivity contribution is -0.0165. The van der Waals surface area contributed by atoms with Crippen LogP contribution in [0.3, 0.4) is 0 Å². The van der Waals surface area contributed by atoms with Gasteiger partial charge in [0.15, 0.2) is 9.84 Å².